The largest absolute Gasteiger partial charge is 0.398 e. The van der Waals surface area contributed by atoms with Crippen molar-refractivity contribution in [1.82, 2.24) is 4.72 Å². The average molecular weight is 317 g/mol. The third-order valence-electron chi connectivity index (χ3n) is 3.79. The van der Waals surface area contributed by atoms with E-state index in [9.17, 15) is 8.42 Å². The van der Waals surface area contributed by atoms with E-state index in [0.29, 0.717) is 0 Å². The Hall–Kier alpha value is -0.780. The van der Waals surface area contributed by atoms with E-state index in [1.54, 1.807) is 12.1 Å². The number of rotatable bonds is 3. The molecule has 1 aliphatic carbocycles. The molecule has 6 heteroatoms. The predicted octanol–water partition coefficient (Wildman–Crippen LogP) is 3.17. The molecule has 1 fully saturated rings. The number of benzene rings is 1. The van der Waals surface area contributed by atoms with Crippen LogP contribution in [0.1, 0.15) is 39.5 Å². The number of hydrogen-bond donors (Lipinski definition) is 2. The second-order valence-electron chi connectivity index (χ2n) is 6.24. The maximum absolute atomic E-state index is 12.5. The Morgan fingerprint density at radius 1 is 1.40 bits per heavy atom. The first kappa shape index (κ1) is 15.6. The zero-order chi connectivity index (χ0) is 15.0. The molecule has 0 bridgehead atoms. The Morgan fingerprint density at radius 3 is 2.70 bits per heavy atom. The summed E-state index contributed by atoms with van der Waals surface area (Å²) in [6.07, 6.45) is 3.83. The van der Waals surface area contributed by atoms with E-state index < -0.39 is 10.0 Å². The molecule has 0 aliphatic heterocycles. The van der Waals surface area contributed by atoms with Gasteiger partial charge in [0.2, 0.25) is 10.0 Å². The van der Waals surface area contributed by atoms with Crippen LogP contribution >= 0.6 is 11.6 Å². The lowest BCUT2D eigenvalue weighted by atomic mass is 9.75. The highest BCUT2D eigenvalue weighted by Crippen LogP contribution is 2.36. The van der Waals surface area contributed by atoms with Crippen LogP contribution in [0.5, 0.6) is 0 Å². The minimum atomic E-state index is -3.68. The first-order valence-corrected chi connectivity index (χ1v) is 8.64. The van der Waals surface area contributed by atoms with Crippen molar-refractivity contribution in [3.63, 3.8) is 0 Å². The molecule has 1 aliphatic rings. The lowest BCUT2D eigenvalue weighted by Crippen LogP contribution is -2.40. The van der Waals surface area contributed by atoms with Crippen molar-refractivity contribution in [1.29, 1.82) is 0 Å². The van der Waals surface area contributed by atoms with E-state index in [1.807, 2.05) is 0 Å². The van der Waals surface area contributed by atoms with Crippen molar-refractivity contribution in [3.05, 3.63) is 23.2 Å². The van der Waals surface area contributed by atoms with Crippen LogP contribution in [0, 0.1) is 5.41 Å². The molecule has 0 heterocycles. The Kier molecular flexibility index (Phi) is 4.33. The number of nitrogen functional groups attached to an aromatic ring is 1. The van der Waals surface area contributed by atoms with Gasteiger partial charge in [-0.2, -0.15) is 0 Å². The van der Waals surface area contributed by atoms with Gasteiger partial charge in [0.1, 0.15) is 4.90 Å². The standard InChI is InChI=1S/C14H21ClN2O2S/c1-14(2)8-4-5-10(9-14)17-20(18,19)13-11(15)6-3-7-12(13)16/h3,6-7,10,17H,4-5,8-9,16H2,1-2H3. The van der Waals surface area contributed by atoms with Crippen molar-refractivity contribution in [2.24, 2.45) is 5.41 Å². The van der Waals surface area contributed by atoms with Gasteiger partial charge in [-0.25, -0.2) is 13.1 Å². The van der Waals surface area contributed by atoms with Crippen LogP contribution in [0.3, 0.4) is 0 Å². The molecule has 1 aromatic carbocycles. The van der Waals surface area contributed by atoms with E-state index in [-0.39, 0.29) is 27.1 Å². The number of hydrogen-bond acceptors (Lipinski definition) is 3. The van der Waals surface area contributed by atoms with Gasteiger partial charge < -0.3 is 5.73 Å². The average Bonchev–Trinajstić information content (AvgIpc) is 2.25. The number of halogens is 1. The van der Waals surface area contributed by atoms with Crippen LogP contribution < -0.4 is 10.5 Å². The summed E-state index contributed by atoms with van der Waals surface area (Å²) in [7, 11) is -3.68. The highest BCUT2D eigenvalue weighted by atomic mass is 35.5. The van der Waals surface area contributed by atoms with Crippen molar-refractivity contribution in [3.8, 4) is 0 Å². The molecule has 1 saturated carbocycles. The fourth-order valence-electron chi connectivity index (χ4n) is 2.89. The molecule has 1 unspecified atom stereocenters. The maximum atomic E-state index is 12.5. The molecule has 0 spiro atoms. The Morgan fingerprint density at radius 2 is 2.10 bits per heavy atom. The number of nitrogens with one attached hydrogen (secondary N) is 1. The van der Waals surface area contributed by atoms with Crippen LogP contribution in [0.4, 0.5) is 5.69 Å². The van der Waals surface area contributed by atoms with Crippen molar-refractivity contribution < 1.29 is 8.42 Å². The molecule has 20 heavy (non-hydrogen) atoms. The molecule has 1 atom stereocenters. The van der Waals surface area contributed by atoms with Gasteiger partial charge in [-0.1, -0.05) is 37.9 Å². The first-order chi connectivity index (χ1) is 9.21. The van der Waals surface area contributed by atoms with E-state index in [1.165, 1.54) is 6.07 Å². The molecule has 1 aromatic rings. The van der Waals surface area contributed by atoms with Gasteiger partial charge in [0.15, 0.2) is 0 Å². The number of anilines is 1. The third-order valence-corrected chi connectivity index (χ3v) is 5.86. The predicted molar refractivity (Wildman–Crippen MR) is 82.2 cm³/mol. The quantitative estimate of drug-likeness (QED) is 0.841. The number of sulfonamides is 1. The summed E-state index contributed by atoms with van der Waals surface area (Å²) in [6.45, 7) is 4.33. The third kappa shape index (κ3) is 3.45. The second kappa shape index (κ2) is 5.54. The van der Waals surface area contributed by atoms with Crippen LogP contribution in [0.2, 0.25) is 5.02 Å². The highest BCUT2D eigenvalue weighted by Gasteiger charge is 2.32. The van der Waals surface area contributed by atoms with Crippen molar-refractivity contribution in [2.75, 3.05) is 5.73 Å². The van der Waals surface area contributed by atoms with Gasteiger partial charge in [0.25, 0.3) is 0 Å². The summed E-state index contributed by atoms with van der Waals surface area (Å²) < 4.78 is 27.7. The Balaban J connectivity index is 2.24. The van der Waals surface area contributed by atoms with Crippen LogP contribution in [0.15, 0.2) is 23.1 Å². The fraction of sp³-hybridized carbons (Fsp3) is 0.571. The molecular weight excluding hydrogens is 296 g/mol. The second-order valence-corrected chi connectivity index (χ2v) is 8.29. The summed E-state index contributed by atoms with van der Waals surface area (Å²) in [5.74, 6) is 0. The summed E-state index contributed by atoms with van der Waals surface area (Å²) in [5, 5.41) is 0.160. The molecule has 3 N–H and O–H groups in total. The summed E-state index contributed by atoms with van der Waals surface area (Å²) in [4.78, 5) is -0.00922. The maximum Gasteiger partial charge on any atom is 0.244 e. The van der Waals surface area contributed by atoms with Gasteiger partial charge in [0, 0.05) is 6.04 Å². The van der Waals surface area contributed by atoms with Gasteiger partial charge in [0.05, 0.1) is 10.7 Å². The molecule has 0 aromatic heterocycles. The Bertz CT molecular complexity index is 579. The molecule has 2 rings (SSSR count). The van der Waals surface area contributed by atoms with Gasteiger partial charge in [-0.15, -0.1) is 0 Å². The zero-order valence-corrected chi connectivity index (χ0v) is 13.4. The molecule has 112 valence electrons. The normalized spacial score (nSPS) is 22.6. The lowest BCUT2D eigenvalue weighted by Gasteiger charge is -2.35. The van der Waals surface area contributed by atoms with Crippen LogP contribution in [-0.4, -0.2) is 14.5 Å². The van der Waals surface area contributed by atoms with E-state index in [4.69, 9.17) is 17.3 Å². The Labute approximate surface area is 125 Å². The minimum Gasteiger partial charge on any atom is -0.398 e. The van der Waals surface area contributed by atoms with E-state index >= 15 is 0 Å². The van der Waals surface area contributed by atoms with Gasteiger partial charge >= 0.3 is 0 Å². The minimum absolute atomic E-state index is 0.00922. The van der Waals surface area contributed by atoms with Gasteiger partial charge in [-0.3, -0.25) is 0 Å². The SMILES string of the molecule is CC1(C)CCCC(NS(=O)(=O)c2c(N)cccc2Cl)C1. The molecule has 0 radical (unpaired) electrons. The molecule has 4 nitrogen and oxygen atoms in total. The summed E-state index contributed by atoms with van der Waals surface area (Å²) in [6, 6.07) is 4.67. The monoisotopic (exact) mass is 316 g/mol. The van der Waals surface area contributed by atoms with Crippen molar-refractivity contribution >= 4 is 27.3 Å². The smallest absolute Gasteiger partial charge is 0.244 e. The molecule has 0 saturated heterocycles. The first-order valence-electron chi connectivity index (χ1n) is 6.78. The van der Waals surface area contributed by atoms with Crippen LogP contribution in [-0.2, 0) is 10.0 Å². The van der Waals surface area contributed by atoms with E-state index in [0.717, 1.165) is 25.7 Å². The van der Waals surface area contributed by atoms with Gasteiger partial charge in [-0.05, 0) is 36.8 Å². The lowest BCUT2D eigenvalue weighted by molar-refractivity contribution is 0.212. The molecular formula is C14H21ClN2O2S. The highest BCUT2D eigenvalue weighted by molar-refractivity contribution is 7.89. The summed E-state index contributed by atoms with van der Waals surface area (Å²) >= 11 is 5.99. The topological polar surface area (TPSA) is 72.2 Å². The number of nitrogens with two attached hydrogens (primary N) is 1. The molecule has 0 amide bonds. The van der Waals surface area contributed by atoms with Crippen LogP contribution in [0.25, 0.3) is 0 Å². The zero-order valence-electron chi connectivity index (χ0n) is 11.8. The van der Waals surface area contributed by atoms with E-state index in [2.05, 4.69) is 18.6 Å². The van der Waals surface area contributed by atoms with Crippen molar-refractivity contribution in [2.45, 2.75) is 50.5 Å². The summed E-state index contributed by atoms with van der Waals surface area (Å²) in [5.41, 5.74) is 6.11. The fourth-order valence-corrected chi connectivity index (χ4v) is 4.83.